The Kier molecular flexibility index (Phi) is 11.9. The van der Waals surface area contributed by atoms with E-state index in [1.54, 1.807) is 0 Å². The van der Waals surface area contributed by atoms with Gasteiger partial charge in [-0.3, -0.25) is 4.79 Å². The van der Waals surface area contributed by atoms with Crippen LogP contribution >= 0.6 is 0 Å². The SMILES string of the molecule is O=C(O)c1ccccc1C(=O)O.O=C1CCCCC1.OCC(O)CO. The molecule has 0 spiro atoms. The molecule has 140 valence electrons. The highest BCUT2D eigenvalue weighted by atomic mass is 16.4. The number of benzene rings is 1. The molecule has 0 saturated heterocycles. The van der Waals surface area contributed by atoms with Gasteiger partial charge >= 0.3 is 11.9 Å². The Morgan fingerprint density at radius 1 is 0.880 bits per heavy atom. The minimum Gasteiger partial charge on any atom is -0.478 e. The zero-order chi connectivity index (χ0) is 19.2. The lowest BCUT2D eigenvalue weighted by Crippen LogP contribution is -2.15. The van der Waals surface area contributed by atoms with Crippen LogP contribution in [0.3, 0.4) is 0 Å². The Balaban J connectivity index is 0.000000378. The maximum absolute atomic E-state index is 10.5. The number of carboxylic acid groups (broad SMARTS) is 2. The minimum absolute atomic E-state index is 0.190. The van der Waals surface area contributed by atoms with Gasteiger partial charge in [-0.05, 0) is 25.0 Å². The van der Waals surface area contributed by atoms with Crippen LogP contribution in [0.5, 0.6) is 0 Å². The highest BCUT2D eigenvalue weighted by Crippen LogP contribution is 2.12. The lowest BCUT2D eigenvalue weighted by atomic mass is 10.00. The fourth-order valence-electron chi connectivity index (χ4n) is 1.86. The molecule has 0 unspecified atom stereocenters. The van der Waals surface area contributed by atoms with Gasteiger partial charge in [-0.25, -0.2) is 9.59 Å². The zero-order valence-electron chi connectivity index (χ0n) is 13.8. The van der Waals surface area contributed by atoms with Crippen molar-refractivity contribution in [3.63, 3.8) is 0 Å². The van der Waals surface area contributed by atoms with E-state index in [0.717, 1.165) is 25.7 Å². The lowest BCUT2D eigenvalue weighted by molar-refractivity contribution is -0.120. The second-order valence-electron chi connectivity index (χ2n) is 5.27. The van der Waals surface area contributed by atoms with Crippen LogP contribution in [-0.2, 0) is 4.79 Å². The molecule has 2 rings (SSSR count). The quantitative estimate of drug-likeness (QED) is 0.534. The second kappa shape index (κ2) is 13.1. The first-order valence-electron chi connectivity index (χ1n) is 7.80. The lowest BCUT2D eigenvalue weighted by Gasteiger charge is -2.05. The van der Waals surface area contributed by atoms with Crippen LogP contribution in [0.2, 0.25) is 0 Å². The van der Waals surface area contributed by atoms with Crippen LogP contribution in [0.4, 0.5) is 0 Å². The fourth-order valence-corrected chi connectivity index (χ4v) is 1.86. The number of carbonyl (C=O) groups is 3. The van der Waals surface area contributed by atoms with Crippen molar-refractivity contribution in [2.45, 2.75) is 38.2 Å². The van der Waals surface area contributed by atoms with Crippen LogP contribution in [-0.4, -0.2) is 62.6 Å². The van der Waals surface area contributed by atoms with Crippen molar-refractivity contribution in [1.82, 2.24) is 0 Å². The molecule has 0 amide bonds. The van der Waals surface area contributed by atoms with Gasteiger partial charge in [0.1, 0.15) is 11.9 Å². The molecular formula is C17H24O8. The second-order valence-corrected chi connectivity index (χ2v) is 5.27. The molecular weight excluding hydrogens is 332 g/mol. The molecule has 1 aliphatic rings. The maximum Gasteiger partial charge on any atom is 0.336 e. The van der Waals surface area contributed by atoms with Gasteiger partial charge in [0, 0.05) is 12.8 Å². The van der Waals surface area contributed by atoms with E-state index in [-0.39, 0.29) is 24.3 Å². The number of carbonyl (C=O) groups excluding carboxylic acids is 1. The van der Waals surface area contributed by atoms with Gasteiger partial charge in [0.15, 0.2) is 0 Å². The molecule has 0 heterocycles. The van der Waals surface area contributed by atoms with Crippen molar-refractivity contribution in [2.24, 2.45) is 0 Å². The summed E-state index contributed by atoms with van der Waals surface area (Å²) in [5.41, 5.74) is -0.380. The highest BCUT2D eigenvalue weighted by molar-refractivity contribution is 6.01. The van der Waals surface area contributed by atoms with Crippen LogP contribution in [0.1, 0.15) is 52.8 Å². The largest absolute Gasteiger partial charge is 0.478 e. The van der Waals surface area contributed by atoms with Gasteiger partial charge < -0.3 is 25.5 Å². The molecule has 0 aliphatic heterocycles. The zero-order valence-corrected chi connectivity index (χ0v) is 13.8. The van der Waals surface area contributed by atoms with E-state index in [2.05, 4.69) is 0 Å². The highest BCUT2D eigenvalue weighted by Gasteiger charge is 2.13. The first kappa shape index (κ1) is 22.7. The Morgan fingerprint density at radius 2 is 1.28 bits per heavy atom. The summed E-state index contributed by atoms with van der Waals surface area (Å²) in [5, 5.41) is 41.1. The topological polar surface area (TPSA) is 152 Å². The summed E-state index contributed by atoms with van der Waals surface area (Å²) in [6.45, 7) is -0.729. The van der Waals surface area contributed by atoms with Gasteiger partial charge in [0.2, 0.25) is 0 Å². The summed E-state index contributed by atoms with van der Waals surface area (Å²) in [6, 6.07) is 5.48. The summed E-state index contributed by atoms with van der Waals surface area (Å²) in [5.74, 6) is -1.99. The van der Waals surface area contributed by atoms with Crippen molar-refractivity contribution in [2.75, 3.05) is 13.2 Å². The number of ketones is 1. The van der Waals surface area contributed by atoms with Gasteiger partial charge in [-0.15, -0.1) is 0 Å². The first-order chi connectivity index (χ1) is 11.8. The third-order valence-electron chi connectivity index (χ3n) is 3.22. The van der Waals surface area contributed by atoms with E-state index >= 15 is 0 Å². The Bertz CT molecular complexity index is 510. The minimum atomic E-state index is -1.23. The summed E-state index contributed by atoms with van der Waals surface area (Å²) < 4.78 is 0. The molecule has 1 aromatic rings. The number of Topliss-reactive ketones (excluding diaryl/α,β-unsaturated/α-hetero) is 1. The number of carboxylic acids is 2. The molecule has 0 atom stereocenters. The average molecular weight is 356 g/mol. The van der Waals surface area contributed by atoms with Crippen molar-refractivity contribution in [3.05, 3.63) is 35.4 Å². The van der Waals surface area contributed by atoms with E-state index in [0.29, 0.717) is 5.78 Å². The number of aromatic carboxylic acids is 2. The van der Waals surface area contributed by atoms with Crippen molar-refractivity contribution in [3.8, 4) is 0 Å². The van der Waals surface area contributed by atoms with Crippen molar-refractivity contribution < 1.29 is 39.9 Å². The van der Waals surface area contributed by atoms with Gasteiger partial charge in [0.25, 0.3) is 0 Å². The Labute approximate surface area is 145 Å². The van der Waals surface area contributed by atoms with E-state index in [9.17, 15) is 14.4 Å². The van der Waals surface area contributed by atoms with Crippen LogP contribution in [0, 0.1) is 0 Å². The molecule has 1 aromatic carbocycles. The van der Waals surface area contributed by atoms with Gasteiger partial charge in [0.05, 0.1) is 24.3 Å². The van der Waals surface area contributed by atoms with Crippen LogP contribution < -0.4 is 0 Å². The molecule has 8 heteroatoms. The predicted molar refractivity (Wildman–Crippen MR) is 88.6 cm³/mol. The molecule has 1 aliphatic carbocycles. The standard InChI is InChI=1S/C8H6O4.C6H10O.C3H8O3/c9-7(10)5-3-1-2-4-6(5)8(11)12;7-6-4-2-1-3-5-6;4-1-3(6)2-5/h1-4H,(H,9,10)(H,11,12);1-5H2;3-6H,1-2H2. The molecule has 0 aromatic heterocycles. The summed E-state index contributed by atoms with van der Waals surface area (Å²) in [4.78, 5) is 31.4. The normalized spacial score (nSPS) is 13.2. The molecule has 5 N–H and O–H groups in total. The molecule has 0 bridgehead atoms. The molecule has 25 heavy (non-hydrogen) atoms. The third-order valence-corrected chi connectivity index (χ3v) is 3.22. The van der Waals surface area contributed by atoms with Gasteiger partial charge in [-0.2, -0.15) is 0 Å². The fraction of sp³-hybridized carbons (Fsp3) is 0.471. The average Bonchev–Trinajstić information content (AvgIpc) is 2.62. The third kappa shape index (κ3) is 10.2. The summed E-state index contributed by atoms with van der Waals surface area (Å²) in [6.07, 6.45) is 4.29. The van der Waals surface area contributed by atoms with Crippen LogP contribution in [0.25, 0.3) is 0 Å². The smallest absolute Gasteiger partial charge is 0.336 e. The number of hydrogen-bond donors (Lipinski definition) is 5. The predicted octanol–water partition coefficient (Wildman–Crippen LogP) is 0.934. The number of hydrogen-bond acceptors (Lipinski definition) is 6. The van der Waals surface area contributed by atoms with E-state index in [1.165, 1.54) is 30.7 Å². The number of aliphatic hydroxyl groups excluding tert-OH is 3. The summed E-state index contributed by atoms with van der Waals surface area (Å²) >= 11 is 0. The van der Waals surface area contributed by atoms with Crippen molar-refractivity contribution in [1.29, 1.82) is 0 Å². The van der Waals surface area contributed by atoms with E-state index in [4.69, 9.17) is 25.5 Å². The summed E-state index contributed by atoms with van der Waals surface area (Å²) in [7, 11) is 0. The van der Waals surface area contributed by atoms with Gasteiger partial charge in [-0.1, -0.05) is 18.6 Å². The van der Waals surface area contributed by atoms with E-state index in [1.807, 2.05) is 0 Å². The van der Waals surface area contributed by atoms with Crippen molar-refractivity contribution >= 4 is 17.7 Å². The molecule has 8 nitrogen and oxygen atoms in total. The Hall–Kier alpha value is -2.29. The molecule has 1 fully saturated rings. The Morgan fingerprint density at radius 3 is 1.48 bits per heavy atom. The molecule has 0 radical (unpaired) electrons. The van der Waals surface area contributed by atoms with Crippen LogP contribution in [0.15, 0.2) is 24.3 Å². The van der Waals surface area contributed by atoms with E-state index < -0.39 is 18.0 Å². The number of aliphatic hydroxyl groups is 3. The first-order valence-corrected chi connectivity index (χ1v) is 7.80. The molecule has 1 saturated carbocycles. The maximum atomic E-state index is 10.5. The number of rotatable bonds is 4. The monoisotopic (exact) mass is 356 g/mol.